The summed E-state index contributed by atoms with van der Waals surface area (Å²) in [6, 6.07) is 0. The van der Waals surface area contributed by atoms with Crippen molar-refractivity contribution in [3.8, 4) is 0 Å². The Kier molecular flexibility index (Phi) is 2.05. The lowest BCUT2D eigenvalue weighted by molar-refractivity contribution is 0.539. The molecule has 0 spiro atoms. The Bertz CT molecular complexity index is 92.7. The topological polar surface area (TPSA) is 0 Å². The maximum absolute atomic E-state index is 6.09. The summed E-state index contributed by atoms with van der Waals surface area (Å²) >= 11 is 6.09. The van der Waals surface area contributed by atoms with E-state index in [1.54, 1.807) is 0 Å². The molecule has 1 rings (SSSR count). The highest BCUT2D eigenvalue weighted by Crippen LogP contribution is 2.46. The van der Waals surface area contributed by atoms with Crippen molar-refractivity contribution in [2.45, 2.75) is 44.4 Å². The summed E-state index contributed by atoms with van der Waals surface area (Å²) in [7, 11) is 0. The van der Waals surface area contributed by atoms with Crippen molar-refractivity contribution < 1.29 is 0 Å². The maximum Gasteiger partial charge on any atom is 0.0448 e. The molecule has 0 nitrogen and oxygen atoms in total. The van der Waals surface area contributed by atoms with Crippen molar-refractivity contribution >= 4 is 11.6 Å². The van der Waals surface area contributed by atoms with Gasteiger partial charge in [0.15, 0.2) is 0 Å². The summed E-state index contributed by atoms with van der Waals surface area (Å²) < 4.78 is 0. The summed E-state index contributed by atoms with van der Waals surface area (Å²) in [6.45, 7) is 4.51. The Balaban J connectivity index is 2.05. The van der Waals surface area contributed by atoms with Crippen LogP contribution in [-0.4, -0.2) is 4.87 Å². The number of hydrogen-bond acceptors (Lipinski definition) is 0. The summed E-state index contributed by atoms with van der Waals surface area (Å²) in [6.07, 6.45) is 5.03. The Morgan fingerprint density at radius 3 is 2.33 bits per heavy atom. The molecule has 1 saturated carbocycles. The quantitative estimate of drug-likeness (QED) is 0.537. The summed E-state index contributed by atoms with van der Waals surface area (Å²) in [5.74, 6) is 0.821. The lowest BCUT2D eigenvalue weighted by atomic mass is 10.1. The number of halogens is 1. The number of hydrogen-bond donors (Lipinski definition) is 0. The molecule has 0 saturated heterocycles. The molecule has 1 heteroatoms. The van der Waals surface area contributed by atoms with Crippen LogP contribution in [0.4, 0.5) is 0 Å². The lowest BCUT2D eigenvalue weighted by Gasteiger charge is -2.06. The second-order valence-electron chi connectivity index (χ2n) is 3.58. The molecule has 1 fully saturated rings. The predicted molar refractivity (Wildman–Crippen MR) is 41.9 cm³/mol. The molecule has 0 radical (unpaired) electrons. The first-order valence-corrected chi connectivity index (χ1v) is 4.19. The van der Waals surface area contributed by atoms with Gasteiger partial charge in [0.25, 0.3) is 0 Å². The zero-order valence-electron chi connectivity index (χ0n) is 6.28. The minimum absolute atomic E-state index is 0.254. The van der Waals surface area contributed by atoms with Gasteiger partial charge in [-0.2, -0.15) is 0 Å². The third kappa shape index (κ3) is 2.57. The average Bonchev–Trinajstić information content (AvgIpc) is 2.45. The molecule has 0 atom stereocenters. The Morgan fingerprint density at radius 1 is 1.44 bits per heavy atom. The van der Waals surface area contributed by atoms with Gasteiger partial charge in [-0.25, -0.2) is 0 Å². The van der Waals surface area contributed by atoms with Crippen LogP contribution in [0.5, 0.6) is 0 Å². The SMILES string of the molecule is CC(C)CCC1(Cl)CC1. The van der Waals surface area contributed by atoms with Crippen LogP contribution in [-0.2, 0) is 0 Å². The molecule has 0 bridgehead atoms. The standard InChI is InChI=1S/C8H15Cl/c1-7(2)3-4-8(9)5-6-8/h7H,3-6H2,1-2H3. The van der Waals surface area contributed by atoms with Crippen LogP contribution in [0.3, 0.4) is 0 Å². The van der Waals surface area contributed by atoms with Crippen LogP contribution in [0.2, 0.25) is 0 Å². The molecule has 1 aliphatic rings. The van der Waals surface area contributed by atoms with Crippen LogP contribution in [0, 0.1) is 5.92 Å². The third-order valence-corrected chi connectivity index (χ3v) is 2.53. The zero-order chi connectivity index (χ0) is 6.91. The molecular weight excluding hydrogens is 132 g/mol. The van der Waals surface area contributed by atoms with Crippen molar-refractivity contribution in [1.82, 2.24) is 0 Å². The van der Waals surface area contributed by atoms with Crippen LogP contribution in [0.25, 0.3) is 0 Å². The fourth-order valence-corrected chi connectivity index (χ4v) is 1.14. The van der Waals surface area contributed by atoms with Crippen molar-refractivity contribution in [1.29, 1.82) is 0 Å². The van der Waals surface area contributed by atoms with E-state index >= 15 is 0 Å². The summed E-state index contributed by atoms with van der Waals surface area (Å²) in [4.78, 5) is 0.254. The normalized spacial score (nSPS) is 22.7. The van der Waals surface area contributed by atoms with Crippen molar-refractivity contribution in [3.05, 3.63) is 0 Å². The lowest BCUT2D eigenvalue weighted by Crippen LogP contribution is -1.99. The van der Waals surface area contributed by atoms with E-state index in [1.165, 1.54) is 25.7 Å². The van der Waals surface area contributed by atoms with Gasteiger partial charge < -0.3 is 0 Å². The van der Waals surface area contributed by atoms with Gasteiger partial charge in [0, 0.05) is 4.87 Å². The van der Waals surface area contributed by atoms with Crippen molar-refractivity contribution in [2.24, 2.45) is 5.92 Å². The Hall–Kier alpha value is 0.290. The van der Waals surface area contributed by atoms with Crippen molar-refractivity contribution in [3.63, 3.8) is 0 Å². The van der Waals surface area contributed by atoms with E-state index < -0.39 is 0 Å². The zero-order valence-corrected chi connectivity index (χ0v) is 7.04. The molecule has 0 aromatic rings. The van der Waals surface area contributed by atoms with E-state index in [0.29, 0.717) is 0 Å². The van der Waals surface area contributed by atoms with Gasteiger partial charge in [-0.1, -0.05) is 13.8 Å². The number of alkyl halides is 1. The fraction of sp³-hybridized carbons (Fsp3) is 1.00. The second-order valence-corrected chi connectivity index (χ2v) is 4.39. The van der Waals surface area contributed by atoms with Gasteiger partial charge in [-0.3, -0.25) is 0 Å². The monoisotopic (exact) mass is 146 g/mol. The first-order valence-electron chi connectivity index (χ1n) is 3.81. The van der Waals surface area contributed by atoms with Gasteiger partial charge in [0.2, 0.25) is 0 Å². The third-order valence-electron chi connectivity index (χ3n) is 1.96. The van der Waals surface area contributed by atoms with Crippen LogP contribution >= 0.6 is 11.6 Å². The second kappa shape index (κ2) is 2.49. The molecule has 1 aliphatic carbocycles. The molecule has 9 heavy (non-hydrogen) atoms. The van der Waals surface area contributed by atoms with E-state index in [-0.39, 0.29) is 4.87 Å². The number of rotatable bonds is 3. The highest BCUT2D eigenvalue weighted by molar-refractivity contribution is 6.25. The van der Waals surface area contributed by atoms with E-state index in [4.69, 9.17) is 11.6 Å². The molecule has 0 amide bonds. The Labute approximate surface area is 62.6 Å². The van der Waals surface area contributed by atoms with Gasteiger partial charge in [-0.05, 0) is 31.6 Å². The highest BCUT2D eigenvalue weighted by atomic mass is 35.5. The van der Waals surface area contributed by atoms with E-state index in [9.17, 15) is 0 Å². The summed E-state index contributed by atoms with van der Waals surface area (Å²) in [5, 5.41) is 0. The highest BCUT2D eigenvalue weighted by Gasteiger charge is 2.39. The minimum atomic E-state index is 0.254. The molecule has 0 aromatic carbocycles. The predicted octanol–water partition coefficient (Wildman–Crippen LogP) is 3.19. The van der Waals surface area contributed by atoms with Crippen LogP contribution in [0.1, 0.15) is 39.5 Å². The van der Waals surface area contributed by atoms with Gasteiger partial charge >= 0.3 is 0 Å². The molecular formula is C8H15Cl. The smallest absolute Gasteiger partial charge is 0.0448 e. The van der Waals surface area contributed by atoms with Gasteiger partial charge in [-0.15, -0.1) is 11.6 Å². The van der Waals surface area contributed by atoms with E-state index in [0.717, 1.165) is 5.92 Å². The Morgan fingerprint density at radius 2 is 2.00 bits per heavy atom. The van der Waals surface area contributed by atoms with Gasteiger partial charge in [0.1, 0.15) is 0 Å². The average molecular weight is 147 g/mol. The van der Waals surface area contributed by atoms with Gasteiger partial charge in [0.05, 0.1) is 0 Å². The largest absolute Gasteiger partial charge is 0.119 e. The molecule has 0 aliphatic heterocycles. The summed E-state index contributed by atoms with van der Waals surface area (Å²) in [5.41, 5.74) is 0. The van der Waals surface area contributed by atoms with Crippen LogP contribution < -0.4 is 0 Å². The first-order chi connectivity index (χ1) is 4.12. The fourth-order valence-electron chi connectivity index (χ4n) is 0.933. The van der Waals surface area contributed by atoms with Crippen molar-refractivity contribution in [2.75, 3.05) is 0 Å². The molecule has 0 aromatic heterocycles. The van der Waals surface area contributed by atoms with Crippen LogP contribution in [0.15, 0.2) is 0 Å². The molecule has 0 N–H and O–H groups in total. The maximum atomic E-state index is 6.09. The molecule has 0 heterocycles. The van der Waals surface area contributed by atoms with E-state index in [2.05, 4.69) is 13.8 Å². The molecule has 54 valence electrons. The molecule has 0 unspecified atom stereocenters. The van der Waals surface area contributed by atoms with E-state index in [1.807, 2.05) is 0 Å². The first kappa shape index (κ1) is 7.40. The minimum Gasteiger partial charge on any atom is -0.119 e.